The number of likely N-dealkylation sites (tertiary alicyclic amines) is 1. The van der Waals surface area contributed by atoms with Gasteiger partial charge in [0.15, 0.2) is 0 Å². The van der Waals surface area contributed by atoms with E-state index in [0.29, 0.717) is 0 Å². The average Bonchev–Trinajstić information content (AvgIpc) is 2.74. The lowest BCUT2D eigenvalue weighted by Crippen LogP contribution is -2.41. The number of thiophene rings is 1. The van der Waals surface area contributed by atoms with Crippen molar-refractivity contribution in [1.82, 2.24) is 10.2 Å². The molecule has 0 saturated carbocycles. The third kappa shape index (κ3) is 3.30. The Morgan fingerprint density at radius 2 is 2.27 bits per heavy atom. The average molecular weight is 224 g/mol. The second-order valence-electron chi connectivity index (χ2n) is 4.19. The normalized spacial score (nSPS) is 19.5. The molecule has 1 saturated heterocycles. The molecule has 0 bridgehead atoms. The number of nitrogens with zero attached hydrogens (tertiary/aromatic N) is 1. The third-order valence-electron chi connectivity index (χ3n) is 3.04. The lowest BCUT2D eigenvalue weighted by molar-refractivity contribution is 0.193. The van der Waals surface area contributed by atoms with Crippen LogP contribution in [0.5, 0.6) is 0 Å². The van der Waals surface area contributed by atoms with Crippen LogP contribution in [0, 0.1) is 0 Å². The van der Waals surface area contributed by atoms with Gasteiger partial charge < -0.3 is 5.32 Å². The van der Waals surface area contributed by atoms with Crippen molar-refractivity contribution >= 4 is 11.3 Å². The highest BCUT2D eigenvalue weighted by Gasteiger charge is 2.18. The molecular weight excluding hydrogens is 204 g/mol. The SMILES string of the molecule is CCNC1CCN(Cc2cccs2)CC1. The predicted molar refractivity (Wildman–Crippen MR) is 66.3 cm³/mol. The van der Waals surface area contributed by atoms with E-state index in [9.17, 15) is 0 Å². The van der Waals surface area contributed by atoms with Gasteiger partial charge in [-0.1, -0.05) is 13.0 Å². The minimum atomic E-state index is 0.759. The van der Waals surface area contributed by atoms with E-state index in [1.54, 1.807) is 0 Å². The van der Waals surface area contributed by atoms with E-state index in [4.69, 9.17) is 0 Å². The summed E-state index contributed by atoms with van der Waals surface area (Å²) in [6, 6.07) is 5.14. The maximum absolute atomic E-state index is 3.54. The van der Waals surface area contributed by atoms with Crippen LogP contribution in [0.1, 0.15) is 24.6 Å². The van der Waals surface area contributed by atoms with Crippen LogP contribution in [-0.2, 0) is 6.54 Å². The van der Waals surface area contributed by atoms with Crippen LogP contribution in [0.3, 0.4) is 0 Å². The smallest absolute Gasteiger partial charge is 0.0327 e. The van der Waals surface area contributed by atoms with E-state index >= 15 is 0 Å². The summed E-state index contributed by atoms with van der Waals surface area (Å²) in [5, 5.41) is 5.71. The Hall–Kier alpha value is -0.380. The van der Waals surface area contributed by atoms with Crippen molar-refractivity contribution in [2.24, 2.45) is 0 Å². The van der Waals surface area contributed by atoms with Gasteiger partial charge in [-0.3, -0.25) is 4.90 Å². The highest BCUT2D eigenvalue weighted by atomic mass is 32.1. The lowest BCUT2D eigenvalue weighted by Gasteiger charge is -2.31. The molecule has 0 atom stereocenters. The van der Waals surface area contributed by atoms with Gasteiger partial charge in [0.1, 0.15) is 0 Å². The van der Waals surface area contributed by atoms with Crippen molar-refractivity contribution in [2.75, 3.05) is 19.6 Å². The molecule has 0 spiro atoms. The fourth-order valence-corrected chi connectivity index (χ4v) is 2.95. The molecule has 3 heteroatoms. The fraction of sp³-hybridized carbons (Fsp3) is 0.667. The molecule has 1 aliphatic rings. The van der Waals surface area contributed by atoms with Crippen molar-refractivity contribution in [1.29, 1.82) is 0 Å². The first kappa shape index (κ1) is 11.1. The summed E-state index contributed by atoms with van der Waals surface area (Å²) < 4.78 is 0. The van der Waals surface area contributed by atoms with Gasteiger partial charge in [0.25, 0.3) is 0 Å². The lowest BCUT2D eigenvalue weighted by atomic mass is 10.1. The summed E-state index contributed by atoms with van der Waals surface area (Å²) in [7, 11) is 0. The maximum atomic E-state index is 3.54. The Kier molecular flexibility index (Phi) is 4.18. The molecule has 15 heavy (non-hydrogen) atoms. The quantitative estimate of drug-likeness (QED) is 0.844. The van der Waals surface area contributed by atoms with Gasteiger partial charge in [-0.2, -0.15) is 0 Å². The maximum Gasteiger partial charge on any atom is 0.0327 e. The van der Waals surface area contributed by atoms with Crippen molar-refractivity contribution in [3.05, 3.63) is 22.4 Å². The number of rotatable bonds is 4. The third-order valence-corrected chi connectivity index (χ3v) is 3.90. The van der Waals surface area contributed by atoms with Gasteiger partial charge >= 0.3 is 0 Å². The Balaban J connectivity index is 1.74. The zero-order valence-electron chi connectivity index (χ0n) is 9.41. The molecule has 84 valence electrons. The highest BCUT2D eigenvalue weighted by Crippen LogP contribution is 2.16. The van der Waals surface area contributed by atoms with Gasteiger partial charge in [0.05, 0.1) is 0 Å². The van der Waals surface area contributed by atoms with Crippen LogP contribution in [-0.4, -0.2) is 30.6 Å². The standard InChI is InChI=1S/C12H20N2S/c1-2-13-11-5-7-14(8-6-11)10-12-4-3-9-15-12/h3-4,9,11,13H,2,5-8,10H2,1H3. The Morgan fingerprint density at radius 1 is 1.47 bits per heavy atom. The van der Waals surface area contributed by atoms with E-state index < -0.39 is 0 Å². The largest absolute Gasteiger partial charge is 0.314 e. The van der Waals surface area contributed by atoms with Crippen LogP contribution in [0.2, 0.25) is 0 Å². The van der Waals surface area contributed by atoms with Crippen molar-refractivity contribution in [2.45, 2.75) is 32.4 Å². The molecule has 1 aromatic heterocycles. The number of nitrogens with one attached hydrogen (secondary N) is 1. The topological polar surface area (TPSA) is 15.3 Å². The summed E-state index contributed by atoms with van der Waals surface area (Å²) in [5.74, 6) is 0. The van der Waals surface area contributed by atoms with Crippen molar-refractivity contribution in [3.63, 3.8) is 0 Å². The first-order chi connectivity index (χ1) is 7.38. The molecular formula is C12H20N2S. The van der Waals surface area contributed by atoms with E-state index in [-0.39, 0.29) is 0 Å². The van der Waals surface area contributed by atoms with Gasteiger partial charge in [-0.15, -0.1) is 11.3 Å². The molecule has 1 aliphatic heterocycles. The molecule has 2 nitrogen and oxygen atoms in total. The minimum absolute atomic E-state index is 0.759. The van der Waals surface area contributed by atoms with Crippen molar-refractivity contribution < 1.29 is 0 Å². The highest BCUT2D eigenvalue weighted by molar-refractivity contribution is 7.09. The van der Waals surface area contributed by atoms with E-state index in [1.165, 1.54) is 30.8 Å². The summed E-state index contributed by atoms with van der Waals surface area (Å²) in [4.78, 5) is 4.07. The van der Waals surface area contributed by atoms with Crippen LogP contribution in [0.15, 0.2) is 17.5 Å². The molecule has 0 aromatic carbocycles. The zero-order valence-corrected chi connectivity index (χ0v) is 10.2. The van der Waals surface area contributed by atoms with E-state index in [2.05, 4.69) is 34.7 Å². The summed E-state index contributed by atoms with van der Waals surface area (Å²) in [5.41, 5.74) is 0. The molecule has 0 amide bonds. The van der Waals surface area contributed by atoms with Crippen LogP contribution in [0.4, 0.5) is 0 Å². The Bertz CT molecular complexity index is 263. The minimum Gasteiger partial charge on any atom is -0.314 e. The molecule has 0 radical (unpaired) electrons. The van der Waals surface area contributed by atoms with Crippen LogP contribution >= 0.6 is 11.3 Å². The summed E-state index contributed by atoms with van der Waals surface area (Å²) in [6.07, 6.45) is 2.61. The number of hydrogen-bond donors (Lipinski definition) is 1. The first-order valence-electron chi connectivity index (χ1n) is 5.86. The zero-order chi connectivity index (χ0) is 10.5. The summed E-state index contributed by atoms with van der Waals surface area (Å²) >= 11 is 1.87. The fourth-order valence-electron chi connectivity index (χ4n) is 2.21. The monoisotopic (exact) mass is 224 g/mol. The predicted octanol–water partition coefficient (Wildman–Crippen LogP) is 2.32. The number of hydrogen-bond acceptors (Lipinski definition) is 3. The summed E-state index contributed by atoms with van der Waals surface area (Å²) in [6.45, 7) is 6.94. The second-order valence-corrected chi connectivity index (χ2v) is 5.22. The number of piperidine rings is 1. The van der Waals surface area contributed by atoms with E-state index in [0.717, 1.165) is 19.1 Å². The molecule has 0 aliphatic carbocycles. The van der Waals surface area contributed by atoms with Gasteiger partial charge in [-0.05, 0) is 43.9 Å². The van der Waals surface area contributed by atoms with Gasteiger partial charge in [0, 0.05) is 17.5 Å². The second kappa shape index (κ2) is 5.64. The van der Waals surface area contributed by atoms with Gasteiger partial charge in [-0.25, -0.2) is 0 Å². The van der Waals surface area contributed by atoms with E-state index in [1.807, 2.05) is 11.3 Å². The van der Waals surface area contributed by atoms with Gasteiger partial charge in [0.2, 0.25) is 0 Å². The van der Waals surface area contributed by atoms with Crippen molar-refractivity contribution in [3.8, 4) is 0 Å². The Labute approximate surface area is 96.3 Å². The van der Waals surface area contributed by atoms with Crippen LogP contribution < -0.4 is 5.32 Å². The molecule has 0 unspecified atom stereocenters. The molecule has 1 N–H and O–H groups in total. The molecule has 1 fully saturated rings. The molecule has 1 aromatic rings. The Morgan fingerprint density at radius 3 is 2.87 bits per heavy atom. The van der Waals surface area contributed by atoms with Crippen LogP contribution in [0.25, 0.3) is 0 Å². The molecule has 2 rings (SSSR count). The first-order valence-corrected chi connectivity index (χ1v) is 6.74. The molecule has 2 heterocycles.